The van der Waals surface area contributed by atoms with Gasteiger partial charge in [0.15, 0.2) is 0 Å². The van der Waals surface area contributed by atoms with Gasteiger partial charge in [-0.2, -0.15) is 0 Å². The van der Waals surface area contributed by atoms with Gasteiger partial charge >= 0.3 is 0 Å². The maximum absolute atomic E-state index is 6.11. The van der Waals surface area contributed by atoms with Gasteiger partial charge in [-0.15, -0.1) is 11.3 Å². The van der Waals surface area contributed by atoms with Crippen LogP contribution in [-0.2, 0) is 5.41 Å². The van der Waals surface area contributed by atoms with E-state index in [4.69, 9.17) is 5.73 Å². The van der Waals surface area contributed by atoms with E-state index in [9.17, 15) is 0 Å². The summed E-state index contributed by atoms with van der Waals surface area (Å²) < 4.78 is 0. The van der Waals surface area contributed by atoms with Crippen LogP contribution in [0.4, 0.5) is 0 Å². The van der Waals surface area contributed by atoms with E-state index in [1.165, 1.54) is 48.8 Å². The lowest BCUT2D eigenvalue weighted by Gasteiger charge is -2.38. The van der Waals surface area contributed by atoms with Gasteiger partial charge < -0.3 is 5.73 Å². The lowest BCUT2D eigenvalue weighted by molar-refractivity contribution is 0.0950. The molecule has 1 aliphatic heterocycles. The molecule has 1 unspecified atom stereocenters. The molecule has 0 amide bonds. The Morgan fingerprint density at radius 2 is 1.86 bits per heavy atom. The fourth-order valence-electron chi connectivity index (χ4n) is 3.23. The van der Waals surface area contributed by atoms with Gasteiger partial charge in [0.1, 0.15) is 0 Å². The van der Waals surface area contributed by atoms with Crippen molar-refractivity contribution >= 4 is 11.3 Å². The smallest absolute Gasteiger partial charge is 0.0565 e. The fraction of sp³-hybridized carbons (Fsp3) is 0.765. The fourth-order valence-corrected chi connectivity index (χ4v) is 4.45. The van der Waals surface area contributed by atoms with Crippen molar-refractivity contribution in [1.82, 2.24) is 9.80 Å². The molecule has 0 spiro atoms. The molecular formula is C17H29N3S. The highest BCUT2D eigenvalue weighted by Gasteiger charge is 2.33. The standard InChI is InChI=1S/C17H29N3S/c1-17(2,3)16-7-6-15(21-16)14(12-18)20-10-8-19(9-11-20)13-4-5-13/h6-7,13-14H,4-5,8-12,18H2,1-3H3. The molecule has 1 saturated heterocycles. The van der Waals surface area contributed by atoms with Crippen molar-refractivity contribution in [3.8, 4) is 0 Å². The van der Waals surface area contributed by atoms with Crippen molar-refractivity contribution in [2.75, 3.05) is 32.7 Å². The molecular weight excluding hydrogens is 278 g/mol. The van der Waals surface area contributed by atoms with Crippen molar-refractivity contribution in [2.24, 2.45) is 5.73 Å². The number of piperazine rings is 1. The summed E-state index contributed by atoms with van der Waals surface area (Å²) in [6.07, 6.45) is 2.83. The first-order valence-electron chi connectivity index (χ1n) is 8.27. The summed E-state index contributed by atoms with van der Waals surface area (Å²) in [7, 11) is 0. The van der Waals surface area contributed by atoms with Gasteiger partial charge in [0.2, 0.25) is 0 Å². The number of hydrogen-bond donors (Lipinski definition) is 1. The average molecular weight is 308 g/mol. The molecule has 1 aliphatic carbocycles. The zero-order valence-corrected chi connectivity index (χ0v) is 14.5. The van der Waals surface area contributed by atoms with Crippen LogP contribution in [0, 0.1) is 0 Å². The second-order valence-corrected chi connectivity index (χ2v) is 8.62. The van der Waals surface area contributed by atoms with Crippen LogP contribution >= 0.6 is 11.3 Å². The second-order valence-electron chi connectivity index (χ2n) is 7.51. The normalized spacial score (nSPS) is 23.4. The molecule has 2 N–H and O–H groups in total. The topological polar surface area (TPSA) is 32.5 Å². The molecule has 1 aromatic heterocycles. The molecule has 3 rings (SSSR count). The lowest BCUT2D eigenvalue weighted by Crippen LogP contribution is -2.49. The molecule has 1 saturated carbocycles. The molecule has 2 aliphatic rings. The minimum atomic E-state index is 0.243. The molecule has 1 atom stereocenters. The first-order chi connectivity index (χ1) is 9.99. The number of nitrogens with two attached hydrogens (primary N) is 1. The number of hydrogen-bond acceptors (Lipinski definition) is 4. The van der Waals surface area contributed by atoms with Gasteiger partial charge in [-0.1, -0.05) is 20.8 Å². The van der Waals surface area contributed by atoms with E-state index >= 15 is 0 Å². The molecule has 2 fully saturated rings. The molecule has 118 valence electrons. The molecule has 0 bridgehead atoms. The third-order valence-electron chi connectivity index (χ3n) is 4.77. The molecule has 0 aromatic carbocycles. The van der Waals surface area contributed by atoms with Crippen LogP contribution in [0.25, 0.3) is 0 Å². The van der Waals surface area contributed by atoms with E-state index in [1.807, 2.05) is 11.3 Å². The summed E-state index contributed by atoms with van der Waals surface area (Å²) in [4.78, 5) is 8.17. The predicted molar refractivity (Wildman–Crippen MR) is 91.0 cm³/mol. The molecule has 2 heterocycles. The zero-order valence-electron chi connectivity index (χ0n) is 13.6. The van der Waals surface area contributed by atoms with Crippen molar-refractivity contribution < 1.29 is 0 Å². The van der Waals surface area contributed by atoms with Crippen LogP contribution in [0.1, 0.15) is 49.4 Å². The number of thiophene rings is 1. The monoisotopic (exact) mass is 307 g/mol. The summed E-state index contributed by atoms with van der Waals surface area (Å²) in [6.45, 7) is 12.4. The maximum atomic E-state index is 6.11. The van der Waals surface area contributed by atoms with Crippen molar-refractivity contribution in [3.63, 3.8) is 0 Å². The minimum Gasteiger partial charge on any atom is -0.329 e. The maximum Gasteiger partial charge on any atom is 0.0565 e. The van der Waals surface area contributed by atoms with Gasteiger partial charge in [-0.3, -0.25) is 9.80 Å². The number of rotatable bonds is 4. The summed E-state index contributed by atoms with van der Waals surface area (Å²) in [5.41, 5.74) is 6.35. The largest absolute Gasteiger partial charge is 0.329 e. The summed E-state index contributed by atoms with van der Waals surface area (Å²) >= 11 is 1.95. The summed E-state index contributed by atoms with van der Waals surface area (Å²) in [6, 6.07) is 5.91. The van der Waals surface area contributed by atoms with Crippen LogP contribution < -0.4 is 5.73 Å². The van der Waals surface area contributed by atoms with E-state index in [-0.39, 0.29) is 5.41 Å². The molecule has 21 heavy (non-hydrogen) atoms. The van der Waals surface area contributed by atoms with Crippen LogP contribution in [-0.4, -0.2) is 48.6 Å². The third-order valence-corrected chi connectivity index (χ3v) is 6.38. The SMILES string of the molecule is CC(C)(C)c1ccc(C(CN)N2CCN(C3CC3)CC2)s1. The average Bonchev–Trinajstić information content (AvgIpc) is 3.17. The zero-order chi connectivity index (χ0) is 15.0. The van der Waals surface area contributed by atoms with Crippen LogP contribution in [0.15, 0.2) is 12.1 Å². The summed E-state index contributed by atoms with van der Waals surface area (Å²) in [5, 5.41) is 0. The van der Waals surface area contributed by atoms with E-state index in [2.05, 4.69) is 42.7 Å². The molecule has 3 nitrogen and oxygen atoms in total. The Morgan fingerprint density at radius 3 is 2.33 bits per heavy atom. The van der Waals surface area contributed by atoms with Crippen molar-refractivity contribution in [1.29, 1.82) is 0 Å². The molecule has 0 radical (unpaired) electrons. The highest BCUT2D eigenvalue weighted by atomic mass is 32.1. The Morgan fingerprint density at radius 1 is 1.19 bits per heavy atom. The minimum absolute atomic E-state index is 0.243. The van der Waals surface area contributed by atoms with Crippen molar-refractivity contribution in [3.05, 3.63) is 21.9 Å². The van der Waals surface area contributed by atoms with Gasteiger partial charge in [-0.05, 0) is 30.4 Å². The first kappa shape index (κ1) is 15.5. The van der Waals surface area contributed by atoms with Crippen LogP contribution in [0.2, 0.25) is 0 Å². The Kier molecular flexibility index (Phi) is 4.42. The molecule has 1 aromatic rings. The Hall–Kier alpha value is -0.420. The Labute approximate surface area is 133 Å². The second kappa shape index (κ2) is 5.99. The van der Waals surface area contributed by atoms with Crippen LogP contribution in [0.5, 0.6) is 0 Å². The Balaban J connectivity index is 1.66. The highest BCUT2D eigenvalue weighted by Crippen LogP contribution is 2.35. The van der Waals surface area contributed by atoms with E-state index in [1.54, 1.807) is 0 Å². The van der Waals surface area contributed by atoms with E-state index in [0.717, 1.165) is 12.6 Å². The van der Waals surface area contributed by atoms with Gasteiger partial charge in [-0.25, -0.2) is 0 Å². The van der Waals surface area contributed by atoms with Crippen LogP contribution in [0.3, 0.4) is 0 Å². The van der Waals surface area contributed by atoms with E-state index in [0.29, 0.717) is 6.04 Å². The van der Waals surface area contributed by atoms with Crippen molar-refractivity contribution in [2.45, 2.75) is 51.1 Å². The lowest BCUT2D eigenvalue weighted by atomic mass is 9.95. The molecule has 4 heteroatoms. The summed E-state index contributed by atoms with van der Waals surface area (Å²) in [5.74, 6) is 0. The number of nitrogens with zero attached hydrogens (tertiary/aromatic N) is 2. The van der Waals surface area contributed by atoms with Gasteiger partial charge in [0.25, 0.3) is 0 Å². The van der Waals surface area contributed by atoms with Gasteiger partial charge in [0, 0.05) is 48.5 Å². The quantitative estimate of drug-likeness (QED) is 0.928. The first-order valence-corrected chi connectivity index (χ1v) is 9.09. The predicted octanol–water partition coefficient (Wildman–Crippen LogP) is 2.83. The third kappa shape index (κ3) is 3.50. The van der Waals surface area contributed by atoms with E-state index < -0.39 is 0 Å². The Bertz CT molecular complexity index is 465. The van der Waals surface area contributed by atoms with Gasteiger partial charge in [0.05, 0.1) is 6.04 Å². The highest BCUT2D eigenvalue weighted by molar-refractivity contribution is 7.12.